The SMILES string of the molecule is O=S(=O)(Nc1ccc(-c2csc(-c3ccccc3)n2)cc1)c1ccc(Br)cc1. The molecule has 1 heterocycles. The molecule has 140 valence electrons. The van der Waals surface area contributed by atoms with Gasteiger partial charge >= 0.3 is 0 Å². The molecule has 0 atom stereocenters. The Bertz CT molecular complexity index is 1190. The molecule has 3 aromatic carbocycles. The van der Waals surface area contributed by atoms with Crippen LogP contribution in [0.3, 0.4) is 0 Å². The highest BCUT2D eigenvalue weighted by molar-refractivity contribution is 9.10. The minimum absolute atomic E-state index is 0.215. The lowest BCUT2D eigenvalue weighted by Gasteiger charge is -2.08. The Morgan fingerprint density at radius 2 is 1.50 bits per heavy atom. The zero-order chi connectivity index (χ0) is 19.6. The summed E-state index contributed by atoms with van der Waals surface area (Å²) in [7, 11) is -3.62. The molecule has 7 heteroatoms. The molecule has 4 nitrogen and oxygen atoms in total. The number of nitrogens with zero attached hydrogens (tertiary/aromatic N) is 1. The standard InChI is InChI=1S/C21H15BrN2O2S2/c22-17-8-12-19(13-9-17)28(25,26)24-18-10-6-15(7-11-18)20-14-27-21(23-20)16-4-2-1-3-5-16/h1-14,24H. The Kier molecular flexibility index (Phi) is 5.30. The summed E-state index contributed by atoms with van der Waals surface area (Å²) in [6.45, 7) is 0. The van der Waals surface area contributed by atoms with Gasteiger partial charge in [0.1, 0.15) is 5.01 Å². The quantitative estimate of drug-likeness (QED) is 0.386. The number of sulfonamides is 1. The van der Waals surface area contributed by atoms with Crippen LogP contribution >= 0.6 is 27.3 Å². The second kappa shape index (κ2) is 7.87. The first kappa shape index (κ1) is 18.9. The molecule has 0 aliphatic carbocycles. The van der Waals surface area contributed by atoms with Gasteiger partial charge in [0.15, 0.2) is 0 Å². The first-order chi connectivity index (χ1) is 13.5. The van der Waals surface area contributed by atoms with E-state index in [1.807, 2.05) is 47.8 Å². The zero-order valence-corrected chi connectivity index (χ0v) is 17.8. The van der Waals surface area contributed by atoms with Gasteiger partial charge in [-0.25, -0.2) is 13.4 Å². The normalized spacial score (nSPS) is 11.3. The van der Waals surface area contributed by atoms with Crippen LogP contribution in [-0.4, -0.2) is 13.4 Å². The minimum atomic E-state index is -3.62. The summed E-state index contributed by atoms with van der Waals surface area (Å²) in [6.07, 6.45) is 0. The molecule has 0 aliphatic heterocycles. The van der Waals surface area contributed by atoms with Crippen LogP contribution in [0.2, 0.25) is 0 Å². The van der Waals surface area contributed by atoms with E-state index < -0.39 is 10.0 Å². The number of benzene rings is 3. The van der Waals surface area contributed by atoms with Crippen molar-refractivity contribution in [3.63, 3.8) is 0 Å². The second-order valence-corrected chi connectivity index (χ2v) is 9.50. The van der Waals surface area contributed by atoms with E-state index in [9.17, 15) is 8.42 Å². The topological polar surface area (TPSA) is 59.1 Å². The minimum Gasteiger partial charge on any atom is -0.280 e. The molecule has 4 rings (SSSR count). The van der Waals surface area contributed by atoms with E-state index in [1.165, 1.54) is 0 Å². The summed E-state index contributed by atoms with van der Waals surface area (Å²) < 4.78 is 28.4. The molecule has 0 saturated heterocycles. The number of rotatable bonds is 5. The molecule has 0 amide bonds. The molecule has 0 spiro atoms. The molecule has 0 aliphatic rings. The van der Waals surface area contributed by atoms with Crippen LogP contribution in [0.1, 0.15) is 0 Å². The van der Waals surface area contributed by atoms with Gasteiger partial charge in [-0.05, 0) is 36.4 Å². The third-order valence-corrected chi connectivity index (χ3v) is 6.90. The summed E-state index contributed by atoms with van der Waals surface area (Å²) in [5.41, 5.74) is 3.39. The Balaban J connectivity index is 1.53. The maximum Gasteiger partial charge on any atom is 0.261 e. The van der Waals surface area contributed by atoms with E-state index in [-0.39, 0.29) is 4.90 Å². The fourth-order valence-electron chi connectivity index (χ4n) is 2.66. The molecular weight excluding hydrogens is 456 g/mol. The number of hydrogen-bond acceptors (Lipinski definition) is 4. The van der Waals surface area contributed by atoms with Crippen molar-refractivity contribution in [3.05, 3.63) is 88.7 Å². The highest BCUT2D eigenvalue weighted by atomic mass is 79.9. The van der Waals surface area contributed by atoms with E-state index in [1.54, 1.807) is 47.7 Å². The van der Waals surface area contributed by atoms with Crippen LogP contribution in [0.4, 0.5) is 5.69 Å². The third-order valence-electron chi connectivity index (χ3n) is 4.08. The van der Waals surface area contributed by atoms with E-state index in [0.29, 0.717) is 5.69 Å². The van der Waals surface area contributed by atoms with Gasteiger partial charge in [-0.2, -0.15) is 0 Å². The highest BCUT2D eigenvalue weighted by Crippen LogP contribution is 2.29. The van der Waals surface area contributed by atoms with E-state index in [0.717, 1.165) is 26.3 Å². The number of hydrogen-bond donors (Lipinski definition) is 1. The van der Waals surface area contributed by atoms with Crippen molar-refractivity contribution in [3.8, 4) is 21.8 Å². The van der Waals surface area contributed by atoms with Crippen molar-refractivity contribution >= 4 is 43.0 Å². The maximum atomic E-state index is 12.5. The monoisotopic (exact) mass is 470 g/mol. The van der Waals surface area contributed by atoms with Crippen molar-refractivity contribution in [1.29, 1.82) is 0 Å². The van der Waals surface area contributed by atoms with Crippen molar-refractivity contribution in [1.82, 2.24) is 4.98 Å². The van der Waals surface area contributed by atoms with Gasteiger partial charge in [0, 0.05) is 26.7 Å². The lowest BCUT2D eigenvalue weighted by atomic mass is 10.1. The summed E-state index contributed by atoms with van der Waals surface area (Å²) in [6, 6.07) is 23.7. The lowest BCUT2D eigenvalue weighted by Crippen LogP contribution is -2.12. The smallest absolute Gasteiger partial charge is 0.261 e. The Labute approximate surface area is 176 Å². The summed E-state index contributed by atoms with van der Waals surface area (Å²) in [4.78, 5) is 4.90. The second-order valence-electron chi connectivity index (χ2n) is 6.04. The number of thiazole rings is 1. The van der Waals surface area contributed by atoms with Crippen LogP contribution < -0.4 is 4.72 Å². The van der Waals surface area contributed by atoms with Gasteiger partial charge < -0.3 is 0 Å². The molecule has 28 heavy (non-hydrogen) atoms. The lowest BCUT2D eigenvalue weighted by molar-refractivity contribution is 0.601. The van der Waals surface area contributed by atoms with E-state index in [4.69, 9.17) is 0 Å². The van der Waals surface area contributed by atoms with Gasteiger partial charge in [-0.3, -0.25) is 4.72 Å². The van der Waals surface area contributed by atoms with Gasteiger partial charge in [-0.15, -0.1) is 11.3 Å². The largest absolute Gasteiger partial charge is 0.280 e. The first-order valence-electron chi connectivity index (χ1n) is 8.41. The summed E-state index contributed by atoms with van der Waals surface area (Å²) in [5, 5.41) is 2.96. The molecule has 0 fully saturated rings. The van der Waals surface area contributed by atoms with Crippen LogP contribution in [0, 0.1) is 0 Å². The number of nitrogens with one attached hydrogen (secondary N) is 1. The predicted octanol–water partition coefficient (Wildman–Crippen LogP) is 6.04. The van der Waals surface area contributed by atoms with Crippen molar-refractivity contribution in [2.75, 3.05) is 4.72 Å². The van der Waals surface area contributed by atoms with Gasteiger partial charge in [0.05, 0.1) is 10.6 Å². The molecule has 4 aromatic rings. The Morgan fingerprint density at radius 3 is 2.18 bits per heavy atom. The first-order valence-corrected chi connectivity index (χ1v) is 11.6. The highest BCUT2D eigenvalue weighted by Gasteiger charge is 2.14. The molecular formula is C21H15BrN2O2S2. The number of halogens is 1. The number of aromatic nitrogens is 1. The zero-order valence-electron chi connectivity index (χ0n) is 14.5. The molecule has 1 N–H and O–H groups in total. The Hall–Kier alpha value is -2.48. The van der Waals surface area contributed by atoms with Crippen LogP contribution in [-0.2, 0) is 10.0 Å². The molecule has 0 radical (unpaired) electrons. The van der Waals surface area contributed by atoms with Gasteiger partial charge in [0.25, 0.3) is 10.0 Å². The van der Waals surface area contributed by atoms with Crippen molar-refractivity contribution in [2.24, 2.45) is 0 Å². The summed E-state index contributed by atoms with van der Waals surface area (Å²) in [5.74, 6) is 0. The van der Waals surface area contributed by atoms with Gasteiger partial charge in [-0.1, -0.05) is 58.4 Å². The van der Waals surface area contributed by atoms with E-state index >= 15 is 0 Å². The molecule has 0 saturated carbocycles. The number of anilines is 1. The molecule has 0 unspecified atom stereocenters. The maximum absolute atomic E-state index is 12.5. The average molecular weight is 471 g/mol. The fraction of sp³-hybridized carbons (Fsp3) is 0. The molecule has 1 aromatic heterocycles. The predicted molar refractivity (Wildman–Crippen MR) is 118 cm³/mol. The van der Waals surface area contributed by atoms with Crippen LogP contribution in [0.5, 0.6) is 0 Å². The van der Waals surface area contributed by atoms with Gasteiger partial charge in [0.2, 0.25) is 0 Å². The van der Waals surface area contributed by atoms with Crippen LogP contribution in [0.25, 0.3) is 21.8 Å². The average Bonchev–Trinajstić information content (AvgIpc) is 3.19. The fourth-order valence-corrected chi connectivity index (χ4v) is 4.81. The van der Waals surface area contributed by atoms with E-state index in [2.05, 4.69) is 25.6 Å². The van der Waals surface area contributed by atoms with Crippen molar-refractivity contribution in [2.45, 2.75) is 4.90 Å². The Morgan fingerprint density at radius 1 is 0.821 bits per heavy atom. The third kappa shape index (κ3) is 4.16. The summed E-state index contributed by atoms with van der Waals surface area (Å²) >= 11 is 4.89. The van der Waals surface area contributed by atoms with Crippen LogP contribution in [0.15, 0.2) is 93.6 Å². The molecule has 0 bridgehead atoms. The van der Waals surface area contributed by atoms with Crippen molar-refractivity contribution < 1.29 is 8.42 Å².